The van der Waals surface area contributed by atoms with Crippen LogP contribution in [0.2, 0.25) is 0 Å². The maximum atomic E-state index is 12.3. The van der Waals surface area contributed by atoms with Crippen molar-refractivity contribution in [1.82, 2.24) is 25.3 Å². The van der Waals surface area contributed by atoms with Crippen LogP contribution in [0.15, 0.2) is 42.7 Å². The van der Waals surface area contributed by atoms with Crippen molar-refractivity contribution in [2.45, 2.75) is 32.0 Å². The van der Waals surface area contributed by atoms with Gasteiger partial charge in [-0.2, -0.15) is 0 Å². The summed E-state index contributed by atoms with van der Waals surface area (Å²) in [5, 5.41) is 11.9. The highest BCUT2D eigenvalue weighted by molar-refractivity contribution is 5.91. The van der Waals surface area contributed by atoms with Gasteiger partial charge in [-0.25, -0.2) is 4.68 Å². The van der Waals surface area contributed by atoms with Gasteiger partial charge in [0.1, 0.15) is 0 Å². The van der Waals surface area contributed by atoms with E-state index in [0.717, 1.165) is 35.9 Å². The Morgan fingerprint density at radius 3 is 3.20 bits per heavy atom. The number of ether oxygens (including phenoxy) is 1. The second kappa shape index (κ2) is 6.98. The minimum atomic E-state index is -0.232. The van der Waals surface area contributed by atoms with Gasteiger partial charge in [-0.05, 0) is 36.6 Å². The van der Waals surface area contributed by atoms with Crippen LogP contribution in [0.3, 0.4) is 0 Å². The van der Waals surface area contributed by atoms with E-state index in [1.165, 1.54) is 0 Å². The van der Waals surface area contributed by atoms with E-state index in [2.05, 4.69) is 20.6 Å². The molecule has 1 amide bonds. The summed E-state index contributed by atoms with van der Waals surface area (Å²) < 4.78 is 7.25. The van der Waals surface area contributed by atoms with Crippen molar-refractivity contribution >= 4 is 16.8 Å². The summed E-state index contributed by atoms with van der Waals surface area (Å²) in [6.07, 6.45) is 5.71. The summed E-state index contributed by atoms with van der Waals surface area (Å²) in [6.45, 7) is 1.87. The molecule has 2 aromatic heterocycles. The molecule has 7 heteroatoms. The molecule has 1 aliphatic heterocycles. The molecule has 128 valence electrons. The summed E-state index contributed by atoms with van der Waals surface area (Å²) >= 11 is 0. The van der Waals surface area contributed by atoms with Crippen molar-refractivity contribution in [2.24, 2.45) is 0 Å². The summed E-state index contributed by atoms with van der Waals surface area (Å²) in [5.41, 5.74) is 2.27. The SMILES string of the molecule is O=C(NCc1ccc2ncccc2c1)c1cn(C[C@H]2CCCO2)nn1. The molecule has 4 rings (SSSR count). The van der Waals surface area contributed by atoms with Crippen LogP contribution >= 0.6 is 0 Å². The van der Waals surface area contributed by atoms with Crippen LogP contribution in [0.4, 0.5) is 0 Å². The third-order valence-corrected chi connectivity index (χ3v) is 4.31. The third-order valence-electron chi connectivity index (χ3n) is 4.31. The predicted molar refractivity (Wildman–Crippen MR) is 91.9 cm³/mol. The number of benzene rings is 1. The summed E-state index contributed by atoms with van der Waals surface area (Å²) in [4.78, 5) is 16.6. The van der Waals surface area contributed by atoms with Crippen molar-refractivity contribution < 1.29 is 9.53 Å². The van der Waals surface area contributed by atoms with E-state index in [9.17, 15) is 4.79 Å². The Kier molecular flexibility index (Phi) is 4.39. The molecule has 1 aliphatic rings. The second-order valence-electron chi connectivity index (χ2n) is 6.17. The molecule has 1 fully saturated rings. The highest BCUT2D eigenvalue weighted by Gasteiger charge is 2.18. The lowest BCUT2D eigenvalue weighted by atomic mass is 10.1. The van der Waals surface area contributed by atoms with Crippen LogP contribution in [0.5, 0.6) is 0 Å². The molecule has 3 heterocycles. The van der Waals surface area contributed by atoms with Gasteiger partial charge in [0.15, 0.2) is 5.69 Å². The average molecular weight is 337 g/mol. The molecule has 0 spiro atoms. The zero-order valence-electron chi connectivity index (χ0n) is 13.8. The minimum absolute atomic E-state index is 0.170. The van der Waals surface area contributed by atoms with E-state index in [1.54, 1.807) is 17.1 Å². The number of fused-ring (bicyclic) bond motifs is 1. The molecular formula is C18H19N5O2. The molecule has 0 radical (unpaired) electrons. The molecule has 0 bridgehead atoms. The van der Waals surface area contributed by atoms with Gasteiger partial charge in [0.2, 0.25) is 0 Å². The summed E-state index contributed by atoms with van der Waals surface area (Å²) in [5.74, 6) is -0.232. The van der Waals surface area contributed by atoms with E-state index >= 15 is 0 Å². The topological polar surface area (TPSA) is 81.9 Å². The minimum Gasteiger partial charge on any atom is -0.376 e. The molecule has 1 N–H and O–H groups in total. The molecule has 1 aromatic carbocycles. The Labute approximate surface area is 145 Å². The second-order valence-corrected chi connectivity index (χ2v) is 6.17. The lowest BCUT2D eigenvalue weighted by Crippen LogP contribution is -2.23. The first-order valence-electron chi connectivity index (χ1n) is 8.41. The van der Waals surface area contributed by atoms with Gasteiger partial charge < -0.3 is 10.1 Å². The van der Waals surface area contributed by atoms with Crippen LogP contribution in [0.1, 0.15) is 28.9 Å². The Balaban J connectivity index is 1.37. The molecule has 1 atom stereocenters. The number of carbonyl (C=O) groups excluding carboxylic acids is 1. The van der Waals surface area contributed by atoms with E-state index in [-0.39, 0.29) is 12.0 Å². The average Bonchev–Trinajstić information content (AvgIpc) is 3.32. The largest absolute Gasteiger partial charge is 0.376 e. The van der Waals surface area contributed by atoms with E-state index in [0.29, 0.717) is 18.8 Å². The molecule has 0 saturated carbocycles. The van der Waals surface area contributed by atoms with Crippen LogP contribution in [-0.4, -0.2) is 38.6 Å². The quantitative estimate of drug-likeness (QED) is 0.769. The maximum Gasteiger partial charge on any atom is 0.273 e. The van der Waals surface area contributed by atoms with Crippen LogP contribution < -0.4 is 5.32 Å². The van der Waals surface area contributed by atoms with Crippen molar-refractivity contribution in [3.63, 3.8) is 0 Å². The zero-order valence-corrected chi connectivity index (χ0v) is 13.8. The van der Waals surface area contributed by atoms with Crippen molar-refractivity contribution in [2.75, 3.05) is 6.61 Å². The Morgan fingerprint density at radius 1 is 1.36 bits per heavy atom. The van der Waals surface area contributed by atoms with Crippen LogP contribution in [-0.2, 0) is 17.8 Å². The Morgan fingerprint density at radius 2 is 2.32 bits per heavy atom. The zero-order chi connectivity index (χ0) is 17.1. The number of rotatable bonds is 5. The van der Waals surface area contributed by atoms with Crippen molar-refractivity contribution in [1.29, 1.82) is 0 Å². The van der Waals surface area contributed by atoms with E-state index < -0.39 is 0 Å². The lowest BCUT2D eigenvalue weighted by molar-refractivity contribution is 0.0929. The smallest absolute Gasteiger partial charge is 0.273 e. The van der Waals surface area contributed by atoms with Gasteiger partial charge in [0.25, 0.3) is 5.91 Å². The van der Waals surface area contributed by atoms with Gasteiger partial charge in [-0.15, -0.1) is 5.10 Å². The van der Waals surface area contributed by atoms with Gasteiger partial charge in [-0.1, -0.05) is 17.3 Å². The Bertz CT molecular complexity index is 886. The standard InChI is InChI=1S/C18H19N5O2/c24-18(17-12-23(22-21-17)11-15-4-2-8-25-15)20-10-13-5-6-16-14(9-13)3-1-7-19-16/h1,3,5-7,9,12,15H,2,4,8,10-11H2,(H,20,24)/t15-/m1/s1. The van der Waals surface area contributed by atoms with E-state index in [4.69, 9.17) is 4.74 Å². The van der Waals surface area contributed by atoms with Crippen LogP contribution in [0, 0.1) is 0 Å². The van der Waals surface area contributed by atoms with E-state index in [1.807, 2.05) is 30.3 Å². The molecular weight excluding hydrogens is 318 g/mol. The molecule has 0 unspecified atom stereocenters. The molecule has 1 saturated heterocycles. The highest BCUT2D eigenvalue weighted by atomic mass is 16.5. The Hall–Kier alpha value is -2.80. The maximum absolute atomic E-state index is 12.3. The molecule has 0 aliphatic carbocycles. The first kappa shape index (κ1) is 15.7. The number of hydrogen-bond acceptors (Lipinski definition) is 5. The van der Waals surface area contributed by atoms with Gasteiger partial charge in [-0.3, -0.25) is 9.78 Å². The van der Waals surface area contributed by atoms with Gasteiger partial charge >= 0.3 is 0 Å². The summed E-state index contributed by atoms with van der Waals surface area (Å²) in [6, 6.07) is 9.84. The first-order chi connectivity index (χ1) is 12.3. The summed E-state index contributed by atoms with van der Waals surface area (Å²) in [7, 11) is 0. The molecule has 7 nitrogen and oxygen atoms in total. The number of carbonyl (C=O) groups is 1. The van der Waals surface area contributed by atoms with Gasteiger partial charge in [0.05, 0.1) is 24.4 Å². The normalized spacial score (nSPS) is 17.0. The number of hydrogen-bond donors (Lipinski definition) is 1. The number of aromatic nitrogens is 4. The first-order valence-corrected chi connectivity index (χ1v) is 8.41. The fraction of sp³-hybridized carbons (Fsp3) is 0.333. The third kappa shape index (κ3) is 3.66. The predicted octanol–water partition coefficient (Wildman–Crippen LogP) is 1.94. The molecule has 3 aromatic rings. The number of nitrogens with one attached hydrogen (secondary N) is 1. The fourth-order valence-electron chi connectivity index (χ4n) is 3.00. The van der Waals surface area contributed by atoms with Crippen molar-refractivity contribution in [3.8, 4) is 0 Å². The fourth-order valence-corrected chi connectivity index (χ4v) is 3.00. The highest BCUT2D eigenvalue weighted by Crippen LogP contribution is 2.14. The number of amides is 1. The number of nitrogens with zero attached hydrogens (tertiary/aromatic N) is 4. The van der Waals surface area contributed by atoms with Crippen molar-refractivity contribution in [3.05, 3.63) is 54.0 Å². The lowest BCUT2D eigenvalue weighted by Gasteiger charge is -2.07. The van der Waals surface area contributed by atoms with Gasteiger partial charge in [0, 0.05) is 24.7 Å². The number of pyridine rings is 1. The van der Waals surface area contributed by atoms with Crippen LogP contribution in [0.25, 0.3) is 10.9 Å². The monoisotopic (exact) mass is 337 g/mol. The molecule has 25 heavy (non-hydrogen) atoms.